The average Bonchev–Trinajstić information content (AvgIpc) is 2.90. The SMILES string of the molecule is CCN(C(=O)c1c(N)cnn1C)C1CCCC1. The molecular weight excluding hydrogens is 216 g/mol. The largest absolute Gasteiger partial charge is 0.396 e. The maximum absolute atomic E-state index is 12.5. The lowest BCUT2D eigenvalue weighted by molar-refractivity contribution is 0.0683. The molecule has 94 valence electrons. The highest BCUT2D eigenvalue weighted by Crippen LogP contribution is 2.25. The van der Waals surface area contributed by atoms with E-state index in [2.05, 4.69) is 5.10 Å². The molecule has 0 aliphatic heterocycles. The van der Waals surface area contributed by atoms with Crippen molar-refractivity contribution < 1.29 is 4.79 Å². The Morgan fingerprint density at radius 3 is 2.71 bits per heavy atom. The molecule has 1 aliphatic rings. The van der Waals surface area contributed by atoms with E-state index in [0.717, 1.165) is 19.4 Å². The maximum atomic E-state index is 12.5. The molecule has 0 radical (unpaired) electrons. The Morgan fingerprint density at radius 2 is 2.24 bits per heavy atom. The van der Waals surface area contributed by atoms with Crippen molar-refractivity contribution in [3.8, 4) is 0 Å². The Balaban J connectivity index is 2.22. The van der Waals surface area contributed by atoms with Gasteiger partial charge in [0.1, 0.15) is 5.69 Å². The zero-order valence-electron chi connectivity index (χ0n) is 10.5. The first-order chi connectivity index (χ1) is 8.15. The highest BCUT2D eigenvalue weighted by molar-refractivity contribution is 5.97. The summed E-state index contributed by atoms with van der Waals surface area (Å²) in [6.45, 7) is 2.75. The standard InChI is InChI=1S/C12H20N4O/c1-3-16(9-6-4-5-7-9)12(17)11-10(13)8-14-15(11)2/h8-9H,3-7,13H2,1-2H3. The van der Waals surface area contributed by atoms with Gasteiger partial charge in [0.15, 0.2) is 0 Å². The minimum absolute atomic E-state index is 0.0110. The summed E-state index contributed by atoms with van der Waals surface area (Å²) in [7, 11) is 1.76. The molecule has 0 spiro atoms. The lowest BCUT2D eigenvalue weighted by Crippen LogP contribution is -2.39. The van der Waals surface area contributed by atoms with Crippen LogP contribution in [0, 0.1) is 0 Å². The number of carbonyl (C=O) groups is 1. The molecule has 1 fully saturated rings. The Bertz CT molecular complexity index is 387. The Morgan fingerprint density at radius 1 is 1.59 bits per heavy atom. The number of nitrogen functional groups attached to an aromatic ring is 1. The molecule has 5 heteroatoms. The summed E-state index contributed by atoms with van der Waals surface area (Å²) in [5.74, 6) is 0.0110. The second kappa shape index (κ2) is 4.77. The van der Waals surface area contributed by atoms with Gasteiger partial charge in [0.25, 0.3) is 5.91 Å². The summed E-state index contributed by atoms with van der Waals surface area (Å²) in [6.07, 6.45) is 6.19. The summed E-state index contributed by atoms with van der Waals surface area (Å²) in [6, 6.07) is 0.377. The smallest absolute Gasteiger partial charge is 0.274 e. The molecule has 1 aromatic heterocycles. The van der Waals surface area contributed by atoms with E-state index in [4.69, 9.17) is 5.73 Å². The van der Waals surface area contributed by atoms with E-state index in [1.165, 1.54) is 19.0 Å². The number of hydrogen-bond donors (Lipinski definition) is 1. The first-order valence-electron chi connectivity index (χ1n) is 6.23. The third-order valence-corrected chi connectivity index (χ3v) is 3.54. The van der Waals surface area contributed by atoms with Gasteiger partial charge in [-0.25, -0.2) is 0 Å². The molecule has 0 unspecified atom stereocenters. The van der Waals surface area contributed by atoms with Gasteiger partial charge in [-0.15, -0.1) is 0 Å². The normalized spacial score (nSPS) is 16.4. The maximum Gasteiger partial charge on any atom is 0.274 e. The number of hydrogen-bond acceptors (Lipinski definition) is 3. The average molecular weight is 236 g/mol. The summed E-state index contributed by atoms with van der Waals surface area (Å²) in [5, 5.41) is 4.02. The molecule has 1 saturated carbocycles. The van der Waals surface area contributed by atoms with Crippen LogP contribution in [0.3, 0.4) is 0 Å². The summed E-state index contributed by atoms with van der Waals surface area (Å²) >= 11 is 0. The van der Waals surface area contributed by atoms with Gasteiger partial charge in [-0.2, -0.15) is 5.10 Å². The lowest BCUT2D eigenvalue weighted by Gasteiger charge is -2.27. The number of nitrogens with two attached hydrogens (primary N) is 1. The highest BCUT2D eigenvalue weighted by atomic mass is 16.2. The zero-order valence-corrected chi connectivity index (χ0v) is 10.5. The number of carbonyl (C=O) groups excluding carboxylic acids is 1. The van der Waals surface area contributed by atoms with Crippen LogP contribution in [0.25, 0.3) is 0 Å². The number of nitrogens with zero attached hydrogens (tertiary/aromatic N) is 3. The van der Waals surface area contributed by atoms with E-state index in [1.807, 2.05) is 11.8 Å². The number of rotatable bonds is 3. The Hall–Kier alpha value is -1.52. The molecule has 2 rings (SSSR count). The number of aromatic nitrogens is 2. The lowest BCUT2D eigenvalue weighted by atomic mass is 10.2. The van der Waals surface area contributed by atoms with Crippen molar-refractivity contribution in [2.24, 2.45) is 7.05 Å². The Kier molecular flexibility index (Phi) is 3.36. The minimum Gasteiger partial charge on any atom is -0.396 e. The van der Waals surface area contributed by atoms with Crippen molar-refractivity contribution in [2.75, 3.05) is 12.3 Å². The Labute approximate surface area is 102 Å². The number of anilines is 1. The van der Waals surface area contributed by atoms with Crippen LogP contribution in [0.1, 0.15) is 43.1 Å². The van der Waals surface area contributed by atoms with Crippen molar-refractivity contribution in [3.05, 3.63) is 11.9 Å². The highest BCUT2D eigenvalue weighted by Gasteiger charge is 2.28. The predicted octanol–water partition coefficient (Wildman–Crippen LogP) is 1.41. The van der Waals surface area contributed by atoms with Gasteiger partial charge in [-0.1, -0.05) is 12.8 Å². The van der Waals surface area contributed by atoms with Gasteiger partial charge in [0.2, 0.25) is 0 Å². The van der Waals surface area contributed by atoms with E-state index < -0.39 is 0 Å². The molecule has 0 bridgehead atoms. The van der Waals surface area contributed by atoms with Crippen LogP contribution in [0.2, 0.25) is 0 Å². The fourth-order valence-electron chi connectivity index (χ4n) is 2.64. The zero-order chi connectivity index (χ0) is 12.4. The van der Waals surface area contributed by atoms with Crippen molar-refractivity contribution in [1.29, 1.82) is 0 Å². The first kappa shape index (κ1) is 12.0. The van der Waals surface area contributed by atoms with Crippen LogP contribution < -0.4 is 5.73 Å². The van der Waals surface area contributed by atoms with Crippen molar-refractivity contribution in [1.82, 2.24) is 14.7 Å². The van der Waals surface area contributed by atoms with Crippen LogP contribution >= 0.6 is 0 Å². The monoisotopic (exact) mass is 236 g/mol. The molecule has 1 aromatic rings. The number of amides is 1. The van der Waals surface area contributed by atoms with Gasteiger partial charge in [-0.3, -0.25) is 9.48 Å². The van der Waals surface area contributed by atoms with E-state index in [-0.39, 0.29) is 5.91 Å². The molecular formula is C12H20N4O. The molecule has 1 aliphatic carbocycles. The van der Waals surface area contributed by atoms with Crippen molar-refractivity contribution in [3.63, 3.8) is 0 Å². The molecule has 1 amide bonds. The summed E-state index contributed by atoms with van der Waals surface area (Å²) in [4.78, 5) is 14.4. The van der Waals surface area contributed by atoms with Gasteiger partial charge in [0, 0.05) is 19.6 Å². The van der Waals surface area contributed by atoms with Crippen LogP contribution in [0.4, 0.5) is 5.69 Å². The van der Waals surface area contributed by atoms with Gasteiger partial charge in [-0.05, 0) is 19.8 Å². The molecule has 0 aromatic carbocycles. The first-order valence-corrected chi connectivity index (χ1v) is 6.23. The number of aryl methyl sites for hydroxylation is 1. The second-order valence-electron chi connectivity index (χ2n) is 4.60. The minimum atomic E-state index is 0.0110. The van der Waals surface area contributed by atoms with Crippen molar-refractivity contribution >= 4 is 11.6 Å². The van der Waals surface area contributed by atoms with E-state index in [0.29, 0.717) is 17.4 Å². The molecule has 0 saturated heterocycles. The summed E-state index contributed by atoms with van der Waals surface area (Å²) < 4.78 is 1.56. The van der Waals surface area contributed by atoms with Crippen molar-refractivity contribution in [2.45, 2.75) is 38.6 Å². The fourth-order valence-corrected chi connectivity index (χ4v) is 2.64. The second-order valence-corrected chi connectivity index (χ2v) is 4.60. The van der Waals surface area contributed by atoms with Crippen LogP contribution in [-0.2, 0) is 7.05 Å². The topological polar surface area (TPSA) is 64.2 Å². The third kappa shape index (κ3) is 2.14. The quantitative estimate of drug-likeness (QED) is 0.863. The van der Waals surface area contributed by atoms with Crippen LogP contribution in [0.15, 0.2) is 6.20 Å². The fraction of sp³-hybridized carbons (Fsp3) is 0.667. The molecule has 5 nitrogen and oxygen atoms in total. The molecule has 17 heavy (non-hydrogen) atoms. The van der Waals surface area contributed by atoms with Crippen LogP contribution in [0.5, 0.6) is 0 Å². The van der Waals surface area contributed by atoms with E-state index >= 15 is 0 Å². The van der Waals surface area contributed by atoms with Gasteiger partial charge >= 0.3 is 0 Å². The van der Waals surface area contributed by atoms with E-state index in [1.54, 1.807) is 11.7 Å². The predicted molar refractivity (Wildman–Crippen MR) is 66.6 cm³/mol. The molecule has 1 heterocycles. The summed E-state index contributed by atoms with van der Waals surface area (Å²) in [5.41, 5.74) is 6.78. The third-order valence-electron chi connectivity index (χ3n) is 3.54. The van der Waals surface area contributed by atoms with Gasteiger partial charge in [0.05, 0.1) is 11.9 Å². The van der Waals surface area contributed by atoms with Gasteiger partial charge < -0.3 is 10.6 Å². The van der Waals surface area contributed by atoms with E-state index in [9.17, 15) is 4.79 Å². The molecule has 2 N–H and O–H groups in total. The molecule has 0 atom stereocenters. The van der Waals surface area contributed by atoms with Crippen LogP contribution in [-0.4, -0.2) is 33.2 Å².